The molecule has 7 heteroatoms. The molecule has 0 aliphatic carbocycles. The minimum atomic E-state index is -0.647. The first-order valence-corrected chi connectivity index (χ1v) is 7.78. The van der Waals surface area contributed by atoms with E-state index in [1.54, 1.807) is 20.8 Å². The maximum Gasteiger partial charge on any atom is 0.407 e. The number of likely N-dealkylation sites (tertiary alicyclic amines) is 1. The number of nitrogens with zero attached hydrogens (tertiary/aromatic N) is 1. The molecule has 1 N–H and O–H groups in total. The van der Waals surface area contributed by atoms with Crippen molar-refractivity contribution >= 4 is 23.6 Å². The molecule has 5 nitrogen and oxygen atoms in total. The number of halogens is 2. The van der Waals surface area contributed by atoms with E-state index in [0.29, 0.717) is 19.5 Å². The predicted molar refractivity (Wildman–Crippen MR) is 85.1 cm³/mol. The highest BCUT2D eigenvalue weighted by atomic mass is 35.5. The summed E-state index contributed by atoms with van der Waals surface area (Å²) in [7, 11) is 0. The van der Waals surface area contributed by atoms with Gasteiger partial charge in [0, 0.05) is 13.1 Å². The average molecular weight is 343 g/mol. The zero-order chi connectivity index (χ0) is 17.2. The van der Waals surface area contributed by atoms with Gasteiger partial charge in [-0.2, -0.15) is 0 Å². The minimum absolute atomic E-state index is 0.0820. The Morgan fingerprint density at radius 1 is 1.39 bits per heavy atom. The smallest absolute Gasteiger partial charge is 0.407 e. The highest BCUT2D eigenvalue weighted by Gasteiger charge is 2.31. The molecule has 0 bridgehead atoms. The molecule has 2 amide bonds. The Hall–Kier alpha value is -1.82. The van der Waals surface area contributed by atoms with E-state index in [4.69, 9.17) is 16.3 Å². The van der Waals surface area contributed by atoms with Gasteiger partial charge >= 0.3 is 6.09 Å². The van der Waals surface area contributed by atoms with Crippen molar-refractivity contribution in [1.82, 2.24) is 10.2 Å². The molecule has 1 unspecified atom stereocenters. The SMILES string of the molecule is CC(C)(C)OC(=O)NC1CCN(C(=O)c2c(F)cccc2Cl)C1. The van der Waals surface area contributed by atoms with E-state index < -0.39 is 23.4 Å². The number of hydrogen-bond donors (Lipinski definition) is 1. The summed E-state index contributed by atoms with van der Waals surface area (Å²) >= 11 is 5.92. The second-order valence-corrected chi connectivity index (χ2v) is 6.89. The van der Waals surface area contributed by atoms with Crippen molar-refractivity contribution in [1.29, 1.82) is 0 Å². The number of amides is 2. The first kappa shape index (κ1) is 17.5. The molecule has 1 fully saturated rings. The summed E-state index contributed by atoms with van der Waals surface area (Å²) in [5, 5.41) is 2.80. The van der Waals surface area contributed by atoms with Crippen LogP contribution in [0.3, 0.4) is 0 Å². The van der Waals surface area contributed by atoms with Crippen LogP contribution in [0.2, 0.25) is 5.02 Å². The number of carbonyl (C=O) groups excluding carboxylic acids is 2. The summed E-state index contributed by atoms with van der Waals surface area (Å²) in [6.45, 7) is 6.04. The Kier molecular flexibility index (Phi) is 5.14. The fraction of sp³-hybridized carbons (Fsp3) is 0.500. The van der Waals surface area contributed by atoms with E-state index in [1.165, 1.54) is 23.1 Å². The van der Waals surface area contributed by atoms with E-state index in [9.17, 15) is 14.0 Å². The quantitative estimate of drug-likeness (QED) is 0.897. The molecule has 1 aromatic rings. The highest BCUT2D eigenvalue weighted by Crippen LogP contribution is 2.23. The predicted octanol–water partition coefficient (Wildman–Crippen LogP) is 3.22. The molecular weight excluding hydrogens is 323 g/mol. The average Bonchev–Trinajstić information content (AvgIpc) is 2.84. The van der Waals surface area contributed by atoms with Gasteiger partial charge in [0.2, 0.25) is 0 Å². The van der Waals surface area contributed by atoms with Crippen molar-refractivity contribution < 1.29 is 18.7 Å². The van der Waals surface area contributed by atoms with Crippen LogP contribution in [0.15, 0.2) is 18.2 Å². The number of rotatable bonds is 2. The van der Waals surface area contributed by atoms with Crippen molar-refractivity contribution in [2.45, 2.75) is 38.8 Å². The summed E-state index contributed by atoms with van der Waals surface area (Å²) < 4.78 is 19.0. The third kappa shape index (κ3) is 4.58. The Balaban J connectivity index is 1.97. The first-order chi connectivity index (χ1) is 10.7. The van der Waals surface area contributed by atoms with Gasteiger partial charge in [-0.05, 0) is 39.3 Å². The lowest BCUT2D eigenvalue weighted by molar-refractivity contribution is 0.0502. The fourth-order valence-corrected chi connectivity index (χ4v) is 2.64. The molecule has 0 saturated carbocycles. The molecule has 23 heavy (non-hydrogen) atoms. The Morgan fingerprint density at radius 3 is 2.70 bits per heavy atom. The summed E-state index contributed by atoms with van der Waals surface area (Å²) in [4.78, 5) is 25.6. The van der Waals surface area contributed by atoms with Gasteiger partial charge in [-0.15, -0.1) is 0 Å². The van der Waals surface area contributed by atoms with Crippen LogP contribution >= 0.6 is 11.6 Å². The van der Waals surface area contributed by atoms with E-state index in [2.05, 4.69) is 5.32 Å². The van der Waals surface area contributed by atoms with Crippen molar-refractivity contribution in [3.05, 3.63) is 34.6 Å². The van der Waals surface area contributed by atoms with Crippen LogP contribution in [0, 0.1) is 5.82 Å². The van der Waals surface area contributed by atoms with Crippen molar-refractivity contribution in [2.24, 2.45) is 0 Å². The van der Waals surface area contributed by atoms with Gasteiger partial charge in [0.25, 0.3) is 5.91 Å². The van der Waals surface area contributed by atoms with Gasteiger partial charge < -0.3 is 15.0 Å². The van der Waals surface area contributed by atoms with Crippen molar-refractivity contribution in [2.75, 3.05) is 13.1 Å². The first-order valence-electron chi connectivity index (χ1n) is 7.40. The van der Waals surface area contributed by atoms with Crippen LogP contribution in [0.5, 0.6) is 0 Å². The Bertz CT molecular complexity index is 596. The number of ether oxygens (including phenoxy) is 1. The lowest BCUT2D eigenvalue weighted by atomic mass is 10.2. The Morgan fingerprint density at radius 2 is 2.09 bits per heavy atom. The number of benzene rings is 1. The minimum Gasteiger partial charge on any atom is -0.444 e. The van der Waals surface area contributed by atoms with E-state index >= 15 is 0 Å². The molecule has 1 atom stereocenters. The van der Waals surface area contributed by atoms with E-state index in [0.717, 1.165) is 0 Å². The van der Waals surface area contributed by atoms with Gasteiger partial charge in [0.1, 0.15) is 11.4 Å². The fourth-order valence-electron chi connectivity index (χ4n) is 2.40. The van der Waals surface area contributed by atoms with E-state index in [-0.39, 0.29) is 16.6 Å². The Labute approximate surface area is 139 Å². The molecule has 0 aromatic heterocycles. The van der Waals surface area contributed by atoms with Crippen LogP contribution in [-0.2, 0) is 4.74 Å². The number of carbonyl (C=O) groups is 2. The number of alkyl carbamates (subject to hydrolysis) is 1. The molecular formula is C16H20ClFN2O3. The lowest BCUT2D eigenvalue weighted by Crippen LogP contribution is -2.41. The van der Waals surface area contributed by atoms with Gasteiger partial charge in [0.15, 0.2) is 0 Å². The van der Waals surface area contributed by atoms with Gasteiger partial charge in [0.05, 0.1) is 16.6 Å². The van der Waals surface area contributed by atoms with Crippen molar-refractivity contribution in [3.8, 4) is 0 Å². The third-order valence-electron chi connectivity index (χ3n) is 3.37. The van der Waals surface area contributed by atoms with Gasteiger partial charge in [-0.3, -0.25) is 4.79 Å². The monoisotopic (exact) mass is 342 g/mol. The summed E-state index contributed by atoms with van der Waals surface area (Å²) in [6.07, 6.45) is 0.0533. The van der Waals surface area contributed by atoms with Crippen LogP contribution in [-0.4, -0.2) is 41.6 Å². The van der Waals surface area contributed by atoms with Crippen LogP contribution in [0.1, 0.15) is 37.6 Å². The molecule has 1 saturated heterocycles. The molecule has 1 aliphatic rings. The second-order valence-electron chi connectivity index (χ2n) is 6.48. The van der Waals surface area contributed by atoms with Crippen LogP contribution in [0.4, 0.5) is 9.18 Å². The molecule has 1 heterocycles. The molecule has 1 aliphatic heterocycles. The van der Waals surface area contributed by atoms with Crippen molar-refractivity contribution in [3.63, 3.8) is 0 Å². The number of hydrogen-bond acceptors (Lipinski definition) is 3. The molecule has 126 valence electrons. The maximum atomic E-state index is 13.8. The zero-order valence-electron chi connectivity index (χ0n) is 13.4. The summed E-state index contributed by atoms with van der Waals surface area (Å²) in [6, 6.07) is 3.90. The molecule has 1 aromatic carbocycles. The topological polar surface area (TPSA) is 58.6 Å². The van der Waals surface area contributed by atoms with Gasteiger partial charge in [-0.25, -0.2) is 9.18 Å². The summed E-state index contributed by atoms with van der Waals surface area (Å²) in [5.74, 6) is -1.12. The number of nitrogens with one attached hydrogen (secondary N) is 1. The van der Waals surface area contributed by atoms with Gasteiger partial charge in [-0.1, -0.05) is 17.7 Å². The molecule has 0 spiro atoms. The van der Waals surface area contributed by atoms with E-state index in [1.807, 2.05) is 0 Å². The lowest BCUT2D eigenvalue weighted by Gasteiger charge is -2.22. The third-order valence-corrected chi connectivity index (χ3v) is 3.69. The normalized spacial score (nSPS) is 18.0. The molecule has 0 radical (unpaired) electrons. The highest BCUT2D eigenvalue weighted by molar-refractivity contribution is 6.33. The second kappa shape index (κ2) is 6.74. The zero-order valence-corrected chi connectivity index (χ0v) is 14.1. The van der Waals surface area contributed by atoms with Crippen LogP contribution < -0.4 is 5.32 Å². The standard InChI is InChI=1S/C16H20ClFN2O3/c1-16(2,3)23-15(22)19-10-7-8-20(9-10)14(21)13-11(17)5-4-6-12(13)18/h4-6,10H,7-9H2,1-3H3,(H,19,22). The largest absolute Gasteiger partial charge is 0.444 e. The maximum absolute atomic E-state index is 13.8. The molecule has 2 rings (SSSR count). The summed E-state index contributed by atoms with van der Waals surface area (Å²) in [5.41, 5.74) is -0.717. The van der Waals surface area contributed by atoms with Crippen LogP contribution in [0.25, 0.3) is 0 Å².